The quantitative estimate of drug-likeness (QED) is 0.894. The number of carbonyl (C=O) groups excluding carboxylic acids is 1. The highest BCUT2D eigenvalue weighted by atomic mass is 16.2. The predicted octanol–water partition coefficient (Wildman–Crippen LogP) is 2.78. The van der Waals surface area contributed by atoms with Crippen molar-refractivity contribution in [2.24, 2.45) is 0 Å². The van der Waals surface area contributed by atoms with E-state index in [4.69, 9.17) is 0 Å². The minimum atomic E-state index is -0.497. The number of nitrogens with one attached hydrogen (secondary N) is 2. The van der Waals surface area contributed by atoms with Crippen LogP contribution >= 0.6 is 0 Å². The van der Waals surface area contributed by atoms with Crippen LogP contribution in [0.4, 0.5) is 0 Å². The van der Waals surface area contributed by atoms with Gasteiger partial charge in [-0.2, -0.15) is 0 Å². The van der Waals surface area contributed by atoms with Crippen LogP contribution in [0.5, 0.6) is 0 Å². The van der Waals surface area contributed by atoms with Gasteiger partial charge < -0.3 is 10.6 Å². The molecule has 3 nitrogen and oxygen atoms in total. The van der Waals surface area contributed by atoms with Crippen molar-refractivity contribution in [1.82, 2.24) is 10.6 Å². The van der Waals surface area contributed by atoms with E-state index in [2.05, 4.69) is 48.7 Å². The fourth-order valence-corrected chi connectivity index (χ4v) is 2.88. The Morgan fingerprint density at radius 1 is 1.33 bits per heavy atom. The van der Waals surface area contributed by atoms with Gasteiger partial charge in [-0.05, 0) is 57.7 Å². The lowest BCUT2D eigenvalue weighted by Gasteiger charge is -2.34. The van der Waals surface area contributed by atoms with E-state index in [0.717, 1.165) is 31.4 Å². The summed E-state index contributed by atoms with van der Waals surface area (Å²) in [6, 6.07) is 8.99. The molecular formula is C18H28N2O. The lowest BCUT2D eigenvalue weighted by atomic mass is 9.82. The maximum Gasteiger partial charge on any atom is 0.230 e. The maximum atomic E-state index is 12.7. The van der Waals surface area contributed by atoms with Crippen molar-refractivity contribution in [2.75, 3.05) is 6.54 Å². The average molecular weight is 288 g/mol. The van der Waals surface area contributed by atoms with Gasteiger partial charge in [-0.1, -0.05) is 31.2 Å². The molecule has 1 fully saturated rings. The highest BCUT2D eigenvalue weighted by Gasteiger charge is 2.32. The average Bonchev–Trinajstić information content (AvgIpc) is 2.49. The first-order chi connectivity index (χ1) is 9.95. The number of piperidine rings is 1. The highest BCUT2D eigenvalue weighted by Crippen LogP contribution is 2.25. The molecule has 2 N–H and O–H groups in total. The Bertz CT molecular complexity index is 478. The molecule has 1 aliphatic heterocycles. The van der Waals surface area contributed by atoms with Gasteiger partial charge in [-0.15, -0.1) is 0 Å². The summed E-state index contributed by atoms with van der Waals surface area (Å²) in [5.74, 6) is 0.118. The van der Waals surface area contributed by atoms with E-state index in [0.29, 0.717) is 6.04 Å². The van der Waals surface area contributed by atoms with Gasteiger partial charge in [-0.3, -0.25) is 4.79 Å². The molecule has 1 aromatic carbocycles. The van der Waals surface area contributed by atoms with Crippen LogP contribution in [0.2, 0.25) is 0 Å². The lowest BCUT2D eigenvalue weighted by molar-refractivity contribution is -0.126. The van der Waals surface area contributed by atoms with Crippen LogP contribution in [-0.4, -0.2) is 24.5 Å². The lowest BCUT2D eigenvalue weighted by Crippen LogP contribution is -2.55. The molecule has 2 rings (SSSR count). The maximum absolute atomic E-state index is 12.7. The van der Waals surface area contributed by atoms with Crippen molar-refractivity contribution in [3.05, 3.63) is 35.4 Å². The van der Waals surface area contributed by atoms with E-state index >= 15 is 0 Å². The van der Waals surface area contributed by atoms with Crippen molar-refractivity contribution in [3.8, 4) is 0 Å². The zero-order chi connectivity index (χ0) is 15.5. The molecule has 21 heavy (non-hydrogen) atoms. The van der Waals surface area contributed by atoms with E-state index in [1.165, 1.54) is 5.56 Å². The van der Waals surface area contributed by atoms with Crippen LogP contribution in [0.3, 0.4) is 0 Å². The van der Waals surface area contributed by atoms with Crippen molar-refractivity contribution >= 4 is 5.91 Å². The number of amides is 1. The van der Waals surface area contributed by atoms with Crippen molar-refractivity contribution < 1.29 is 4.79 Å². The second kappa shape index (κ2) is 6.61. The van der Waals surface area contributed by atoms with E-state index < -0.39 is 5.41 Å². The third-order valence-electron chi connectivity index (χ3n) is 4.73. The van der Waals surface area contributed by atoms with Gasteiger partial charge in [0.25, 0.3) is 0 Å². The monoisotopic (exact) mass is 288 g/mol. The SMILES string of the molecule is CCc1ccc(C(C)(C)C(=O)NC2CCCNC2C)cc1. The molecule has 1 amide bonds. The summed E-state index contributed by atoms with van der Waals surface area (Å²) < 4.78 is 0. The largest absolute Gasteiger partial charge is 0.351 e. The Morgan fingerprint density at radius 3 is 2.57 bits per heavy atom. The summed E-state index contributed by atoms with van der Waals surface area (Å²) in [7, 11) is 0. The Balaban J connectivity index is 2.08. The molecule has 0 aromatic heterocycles. The Morgan fingerprint density at radius 2 is 2.00 bits per heavy atom. The number of benzene rings is 1. The van der Waals surface area contributed by atoms with Crippen molar-refractivity contribution in [2.45, 2.75) is 64.5 Å². The minimum absolute atomic E-state index is 0.118. The first-order valence-electron chi connectivity index (χ1n) is 8.09. The van der Waals surface area contributed by atoms with Gasteiger partial charge in [-0.25, -0.2) is 0 Å². The molecule has 1 aliphatic rings. The van der Waals surface area contributed by atoms with Gasteiger partial charge in [0.05, 0.1) is 5.41 Å². The molecule has 1 aromatic rings. The first-order valence-corrected chi connectivity index (χ1v) is 8.09. The smallest absolute Gasteiger partial charge is 0.230 e. The zero-order valence-electron chi connectivity index (χ0n) is 13.7. The molecule has 2 atom stereocenters. The molecule has 116 valence electrons. The fraction of sp³-hybridized carbons (Fsp3) is 0.611. The molecule has 1 heterocycles. The summed E-state index contributed by atoms with van der Waals surface area (Å²) in [5, 5.41) is 6.66. The molecule has 3 heteroatoms. The third-order valence-corrected chi connectivity index (χ3v) is 4.73. The topological polar surface area (TPSA) is 41.1 Å². The second-order valence-corrected chi connectivity index (χ2v) is 6.64. The Kier molecular flexibility index (Phi) is 5.04. The number of rotatable bonds is 4. The molecule has 0 spiro atoms. The second-order valence-electron chi connectivity index (χ2n) is 6.64. The third kappa shape index (κ3) is 3.65. The molecular weight excluding hydrogens is 260 g/mol. The van der Waals surface area contributed by atoms with Crippen LogP contribution in [0.25, 0.3) is 0 Å². The molecule has 0 radical (unpaired) electrons. The molecule has 0 saturated carbocycles. The number of hydrogen-bond acceptors (Lipinski definition) is 2. The molecule has 0 bridgehead atoms. The van der Waals surface area contributed by atoms with Gasteiger partial charge >= 0.3 is 0 Å². The van der Waals surface area contributed by atoms with Gasteiger partial charge in [0.2, 0.25) is 5.91 Å². The summed E-state index contributed by atoms with van der Waals surface area (Å²) in [4.78, 5) is 12.7. The Labute approximate surface area is 128 Å². The highest BCUT2D eigenvalue weighted by molar-refractivity contribution is 5.87. The van der Waals surface area contributed by atoms with Gasteiger partial charge in [0, 0.05) is 12.1 Å². The normalized spacial score (nSPS) is 22.9. The van der Waals surface area contributed by atoms with Crippen LogP contribution < -0.4 is 10.6 Å². The fourth-order valence-electron chi connectivity index (χ4n) is 2.88. The van der Waals surface area contributed by atoms with E-state index in [-0.39, 0.29) is 11.9 Å². The summed E-state index contributed by atoms with van der Waals surface area (Å²) >= 11 is 0. The minimum Gasteiger partial charge on any atom is -0.351 e. The Hall–Kier alpha value is -1.35. The van der Waals surface area contributed by atoms with Crippen LogP contribution in [0, 0.1) is 0 Å². The summed E-state index contributed by atoms with van der Waals surface area (Å²) in [5.41, 5.74) is 1.89. The standard InChI is InChI=1S/C18H28N2O/c1-5-14-8-10-15(11-9-14)18(3,4)17(21)20-16-7-6-12-19-13(16)2/h8-11,13,16,19H,5-7,12H2,1-4H3,(H,20,21). The van der Waals surface area contributed by atoms with Gasteiger partial charge in [0.1, 0.15) is 0 Å². The molecule has 1 saturated heterocycles. The number of hydrogen-bond donors (Lipinski definition) is 2. The number of carbonyl (C=O) groups is 1. The zero-order valence-corrected chi connectivity index (χ0v) is 13.7. The summed E-state index contributed by atoms with van der Waals surface area (Å²) in [6.45, 7) is 9.35. The van der Waals surface area contributed by atoms with Crippen molar-refractivity contribution in [1.29, 1.82) is 0 Å². The van der Waals surface area contributed by atoms with Crippen LogP contribution in [0.1, 0.15) is 51.7 Å². The number of aryl methyl sites for hydroxylation is 1. The molecule has 2 unspecified atom stereocenters. The molecule has 0 aliphatic carbocycles. The van der Waals surface area contributed by atoms with Crippen molar-refractivity contribution in [3.63, 3.8) is 0 Å². The van der Waals surface area contributed by atoms with Crippen LogP contribution in [-0.2, 0) is 16.6 Å². The van der Waals surface area contributed by atoms with E-state index in [1.807, 2.05) is 13.8 Å². The van der Waals surface area contributed by atoms with E-state index in [1.54, 1.807) is 0 Å². The van der Waals surface area contributed by atoms with Crippen LogP contribution in [0.15, 0.2) is 24.3 Å². The predicted molar refractivity (Wildman–Crippen MR) is 87.5 cm³/mol. The van der Waals surface area contributed by atoms with Gasteiger partial charge in [0.15, 0.2) is 0 Å². The first kappa shape index (κ1) is 16.0. The summed E-state index contributed by atoms with van der Waals surface area (Å²) in [6.07, 6.45) is 3.21. The van der Waals surface area contributed by atoms with E-state index in [9.17, 15) is 4.79 Å².